The van der Waals surface area contributed by atoms with Gasteiger partial charge >= 0.3 is 0 Å². The molecule has 0 saturated heterocycles. The summed E-state index contributed by atoms with van der Waals surface area (Å²) >= 11 is 0. The molecule has 0 bridgehead atoms. The van der Waals surface area contributed by atoms with Crippen molar-refractivity contribution >= 4 is 17.3 Å². The summed E-state index contributed by atoms with van der Waals surface area (Å²) in [6.45, 7) is 3.55. The fourth-order valence-corrected chi connectivity index (χ4v) is 1.69. The zero-order valence-corrected chi connectivity index (χ0v) is 10.6. The largest absolute Gasteiger partial charge is 0.395 e. The first-order chi connectivity index (χ1) is 8.58. The first-order valence-electron chi connectivity index (χ1n) is 5.73. The minimum absolute atomic E-state index is 0.0314. The molecule has 0 spiro atoms. The molecule has 0 saturated carbocycles. The van der Waals surface area contributed by atoms with Crippen molar-refractivity contribution in [2.24, 2.45) is 0 Å². The third-order valence-corrected chi connectivity index (χ3v) is 2.49. The van der Waals surface area contributed by atoms with Gasteiger partial charge in [-0.3, -0.25) is 4.79 Å². The zero-order chi connectivity index (χ0) is 13.5. The molecule has 1 atom stereocenters. The Morgan fingerprint density at radius 1 is 1.61 bits per heavy atom. The molecule has 0 aliphatic rings. The molecule has 18 heavy (non-hydrogen) atoms. The first kappa shape index (κ1) is 14.0. The lowest BCUT2D eigenvalue weighted by molar-refractivity contribution is -0.114. The van der Waals surface area contributed by atoms with Gasteiger partial charge in [0.15, 0.2) is 0 Å². The van der Waals surface area contributed by atoms with Crippen LogP contribution in [0.2, 0.25) is 0 Å². The number of aliphatic hydroxyl groups excluding tert-OH is 1. The van der Waals surface area contributed by atoms with Crippen LogP contribution in [0.15, 0.2) is 24.3 Å². The van der Waals surface area contributed by atoms with E-state index in [9.17, 15) is 4.79 Å². The van der Waals surface area contributed by atoms with E-state index in [4.69, 9.17) is 10.4 Å². The van der Waals surface area contributed by atoms with Crippen molar-refractivity contribution in [3.05, 3.63) is 24.3 Å². The fraction of sp³-hybridized carbons (Fsp3) is 0.385. The van der Waals surface area contributed by atoms with Crippen LogP contribution < -0.4 is 10.2 Å². The number of rotatable bonds is 5. The zero-order valence-electron chi connectivity index (χ0n) is 10.6. The van der Waals surface area contributed by atoms with Gasteiger partial charge in [0.05, 0.1) is 12.7 Å². The summed E-state index contributed by atoms with van der Waals surface area (Å²) in [4.78, 5) is 12.8. The second-order valence-electron chi connectivity index (χ2n) is 3.95. The van der Waals surface area contributed by atoms with Crippen LogP contribution in [0.25, 0.3) is 0 Å². The topological polar surface area (TPSA) is 76.4 Å². The van der Waals surface area contributed by atoms with Gasteiger partial charge in [0.2, 0.25) is 5.91 Å². The standard InChI is InChI=1S/C13H17N3O2/c1-10(9-14)16(6-7-17)13-5-3-4-12(8-13)15-11(2)18/h3-5,8,10,17H,6-7H2,1-2H3,(H,15,18). The van der Waals surface area contributed by atoms with Crippen LogP contribution in [0.5, 0.6) is 0 Å². The average Bonchev–Trinajstić information content (AvgIpc) is 2.34. The van der Waals surface area contributed by atoms with Crippen molar-refractivity contribution in [2.45, 2.75) is 19.9 Å². The lowest BCUT2D eigenvalue weighted by atomic mass is 10.2. The maximum Gasteiger partial charge on any atom is 0.221 e. The van der Waals surface area contributed by atoms with Gasteiger partial charge in [0.25, 0.3) is 0 Å². The summed E-state index contributed by atoms with van der Waals surface area (Å²) in [7, 11) is 0. The Bertz CT molecular complexity index is 454. The lowest BCUT2D eigenvalue weighted by Gasteiger charge is -2.26. The molecular formula is C13H17N3O2. The molecule has 1 unspecified atom stereocenters. The molecule has 5 nitrogen and oxygen atoms in total. The van der Waals surface area contributed by atoms with Crippen molar-refractivity contribution in [1.29, 1.82) is 5.26 Å². The predicted octanol–water partition coefficient (Wildman–Crippen LogP) is 1.36. The van der Waals surface area contributed by atoms with Crippen molar-refractivity contribution in [1.82, 2.24) is 0 Å². The number of anilines is 2. The van der Waals surface area contributed by atoms with Crippen LogP contribution in [0.4, 0.5) is 11.4 Å². The van der Waals surface area contributed by atoms with E-state index in [2.05, 4.69) is 11.4 Å². The normalized spacial score (nSPS) is 11.4. The molecule has 0 heterocycles. The Hall–Kier alpha value is -2.06. The van der Waals surface area contributed by atoms with E-state index >= 15 is 0 Å². The number of aliphatic hydroxyl groups is 1. The average molecular weight is 247 g/mol. The summed E-state index contributed by atoms with van der Waals surface area (Å²) in [5.41, 5.74) is 1.47. The smallest absolute Gasteiger partial charge is 0.221 e. The Morgan fingerprint density at radius 2 is 2.33 bits per heavy atom. The molecule has 0 radical (unpaired) electrons. The second kappa shape index (κ2) is 6.62. The summed E-state index contributed by atoms with van der Waals surface area (Å²) in [5.74, 6) is -0.144. The Kier molecular flexibility index (Phi) is 5.15. The molecule has 0 aliphatic carbocycles. The monoisotopic (exact) mass is 247 g/mol. The number of carbonyl (C=O) groups excluding carboxylic acids is 1. The van der Waals surface area contributed by atoms with Gasteiger partial charge in [-0.15, -0.1) is 0 Å². The molecule has 1 aromatic rings. The molecule has 1 aromatic carbocycles. The third kappa shape index (κ3) is 3.75. The number of nitriles is 1. The van der Waals surface area contributed by atoms with Crippen LogP contribution in [0, 0.1) is 11.3 Å². The maximum absolute atomic E-state index is 11.0. The molecule has 96 valence electrons. The molecule has 0 aliphatic heterocycles. The van der Waals surface area contributed by atoms with E-state index in [1.54, 1.807) is 30.0 Å². The summed E-state index contributed by atoms with van der Waals surface area (Å²) in [6.07, 6.45) is 0. The third-order valence-electron chi connectivity index (χ3n) is 2.49. The van der Waals surface area contributed by atoms with E-state index in [0.29, 0.717) is 12.2 Å². The van der Waals surface area contributed by atoms with Crippen LogP contribution in [-0.2, 0) is 4.79 Å². The molecule has 2 N–H and O–H groups in total. The number of nitrogens with zero attached hydrogens (tertiary/aromatic N) is 2. The van der Waals surface area contributed by atoms with E-state index in [0.717, 1.165) is 5.69 Å². The van der Waals surface area contributed by atoms with Crippen molar-refractivity contribution < 1.29 is 9.90 Å². The van der Waals surface area contributed by atoms with E-state index in [1.807, 2.05) is 6.07 Å². The quantitative estimate of drug-likeness (QED) is 0.823. The van der Waals surface area contributed by atoms with Gasteiger partial charge in [-0.1, -0.05) is 6.07 Å². The van der Waals surface area contributed by atoms with Gasteiger partial charge in [-0.25, -0.2) is 0 Å². The number of nitrogens with one attached hydrogen (secondary N) is 1. The van der Waals surface area contributed by atoms with Gasteiger partial charge in [0, 0.05) is 24.8 Å². The minimum Gasteiger partial charge on any atom is -0.395 e. The molecule has 1 rings (SSSR count). The molecule has 5 heteroatoms. The second-order valence-corrected chi connectivity index (χ2v) is 3.95. The van der Waals surface area contributed by atoms with Crippen LogP contribution in [-0.4, -0.2) is 30.2 Å². The van der Waals surface area contributed by atoms with Crippen LogP contribution >= 0.6 is 0 Å². The Labute approximate surface area is 107 Å². The number of carbonyl (C=O) groups is 1. The number of hydrogen-bond acceptors (Lipinski definition) is 4. The van der Waals surface area contributed by atoms with E-state index in [-0.39, 0.29) is 18.6 Å². The van der Waals surface area contributed by atoms with Crippen LogP contribution in [0.1, 0.15) is 13.8 Å². The maximum atomic E-state index is 11.0. The molecule has 0 aromatic heterocycles. The van der Waals surface area contributed by atoms with Gasteiger partial charge < -0.3 is 15.3 Å². The first-order valence-corrected chi connectivity index (χ1v) is 5.73. The summed E-state index contributed by atoms with van der Waals surface area (Å²) in [5, 5.41) is 20.7. The molecule has 1 amide bonds. The van der Waals surface area contributed by atoms with Crippen molar-refractivity contribution in [3.8, 4) is 6.07 Å². The number of amides is 1. The minimum atomic E-state index is -0.343. The Morgan fingerprint density at radius 3 is 2.89 bits per heavy atom. The number of benzene rings is 1. The fourth-order valence-electron chi connectivity index (χ4n) is 1.69. The summed E-state index contributed by atoms with van der Waals surface area (Å²) in [6, 6.07) is 9.00. The van der Waals surface area contributed by atoms with Crippen molar-refractivity contribution in [2.75, 3.05) is 23.4 Å². The molecule has 0 fully saturated rings. The number of hydrogen-bond donors (Lipinski definition) is 2. The van der Waals surface area contributed by atoms with Crippen molar-refractivity contribution in [3.63, 3.8) is 0 Å². The van der Waals surface area contributed by atoms with Crippen LogP contribution in [0.3, 0.4) is 0 Å². The van der Waals surface area contributed by atoms with Gasteiger partial charge in [-0.2, -0.15) is 5.26 Å². The highest BCUT2D eigenvalue weighted by Gasteiger charge is 2.13. The van der Waals surface area contributed by atoms with E-state index < -0.39 is 0 Å². The SMILES string of the molecule is CC(=O)Nc1cccc(N(CCO)C(C)C#N)c1. The lowest BCUT2D eigenvalue weighted by Crippen LogP contribution is -2.34. The van der Waals surface area contributed by atoms with Gasteiger partial charge in [0.1, 0.15) is 6.04 Å². The Balaban J connectivity index is 2.98. The molecular weight excluding hydrogens is 230 g/mol. The summed E-state index contributed by atoms with van der Waals surface area (Å²) < 4.78 is 0. The van der Waals surface area contributed by atoms with E-state index in [1.165, 1.54) is 6.92 Å². The highest BCUT2D eigenvalue weighted by Crippen LogP contribution is 2.21. The highest BCUT2D eigenvalue weighted by atomic mass is 16.3. The highest BCUT2D eigenvalue weighted by molar-refractivity contribution is 5.89. The predicted molar refractivity (Wildman–Crippen MR) is 70.3 cm³/mol. The van der Waals surface area contributed by atoms with Gasteiger partial charge in [-0.05, 0) is 25.1 Å².